The van der Waals surface area contributed by atoms with Crippen LogP contribution >= 0.6 is 0 Å². The maximum atomic E-state index is 12.6. The highest BCUT2D eigenvalue weighted by atomic mass is 16.1. The number of nitrogens with zero attached hydrogens (tertiary/aromatic N) is 3. The number of benzene rings is 2. The van der Waals surface area contributed by atoms with Crippen LogP contribution in [0.5, 0.6) is 0 Å². The quantitative estimate of drug-likeness (QED) is 0.549. The largest absolute Gasteiger partial charge is 0.344 e. The van der Waals surface area contributed by atoms with Gasteiger partial charge in [0.15, 0.2) is 0 Å². The molecule has 0 aliphatic heterocycles. The van der Waals surface area contributed by atoms with E-state index >= 15 is 0 Å². The summed E-state index contributed by atoms with van der Waals surface area (Å²) in [5.74, 6) is 0.281. The average molecular weight is 369 g/mol. The highest BCUT2D eigenvalue weighted by molar-refractivity contribution is 5.94. The van der Waals surface area contributed by atoms with Crippen molar-refractivity contribution in [3.8, 4) is 0 Å². The number of hydrogen-bond donors (Lipinski definition) is 2. The molecule has 0 saturated carbocycles. The molecule has 2 N–H and O–H groups in total. The van der Waals surface area contributed by atoms with Gasteiger partial charge >= 0.3 is 0 Å². The van der Waals surface area contributed by atoms with Crippen molar-refractivity contribution < 1.29 is 4.79 Å². The van der Waals surface area contributed by atoms with Crippen LogP contribution in [0.4, 0.5) is 11.5 Å². The van der Waals surface area contributed by atoms with Crippen molar-refractivity contribution in [3.63, 3.8) is 0 Å². The Morgan fingerprint density at radius 3 is 2.61 bits per heavy atom. The number of pyridine rings is 1. The van der Waals surface area contributed by atoms with Crippen LogP contribution in [0, 0.1) is 0 Å². The molecule has 1 amide bonds. The Kier molecular flexibility index (Phi) is 4.93. The molecule has 0 fully saturated rings. The topological polar surface area (TPSA) is 79.8 Å². The molecule has 4 rings (SSSR count). The standard InChI is InChI=1S/C22H19N5O/c1-15(16-7-3-2-4-8-16)26-22(28)19-13-20(25-14-24-19)27-18-11-5-9-17-10-6-12-23-21(17)18/h2-15H,1H3,(H,26,28)(H,24,25,27). The molecule has 0 bridgehead atoms. The van der Waals surface area contributed by atoms with Crippen molar-refractivity contribution in [1.82, 2.24) is 20.3 Å². The lowest BCUT2D eigenvalue weighted by atomic mass is 10.1. The molecule has 1 atom stereocenters. The summed E-state index contributed by atoms with van der Waals surface area (Å²) in [6.07, 6.45) is 3.13. The number of rotatable bonds is 5. The molecule has 0 radical (unpaired) electrons. The fraction of sp³-hybridized carbons (Fsp3) is 0.0909. The highest BCUT2D eigenvalue weighted by Crippen LogP contribution is 2.23. The molecule has 0 aliphatic rings. The van der Waals surface area contributed by atoms with Crippen molar-refractivity contribution >= 4 is 28.3 Å². The first-order valence-electron chi connectivity index (χ1n) is 8.99. The lowest BCUT2D eigenvalue weighted by Crippen LogP contribution is -2.27. The zero-order valence-corrected chi connectivity index (χ0v) is 15.3. The molecule has 6 nitrogen and oxygen atoms in total. The number of fused-ring (bicyclic) bond motifs is 1. The van der Waals surface area contributed by atoms with Gasteiger partial charge < -0.3 is 10.6 Å². The summed E-state index contributed by atoms with van der Waals surface area (Å²) in [6.45, 7) is 1.94. The number of amides is 1. The predicted octanol–water partition coefficient (Wildman–Crippen LogP) is 4.26. The van der Waals surface area contributed by atoms with E-state index in [9.17, 15) is 4.79 Å². The number of para-hydroxylation sites is 1. The van der Waals surface area contributed by atoms with E-state index in [2.05, 4.69) is 25.6 Å². The summed E-state index contributed by atoms with van der Waals surface area (Å²) in [4.78, 5) is 25.4. The zero-order chi connectivity index (χ0) is 19.3. The molecule has 2 heterocycles. The van der Waals surface area contributed by atoms with Crippen LogP contribution in [-0.4, -0.2) is 20.9 Å². The van der Waals surface area contributed by atoms with Gasteiger partial charge in [-0.25, -0.2) is 9.97 Å². The number of carbonyl (C=O) groups excluding carboxylic acids is 1. The number of aromatic nitrogens is 3. The first-order chi connectivity index (χ1) is 13.7. The number of anilines is 2. The van der Waals surface area contributed by atoms with Crippen molar-refractivity contribution in [2.75, 3.05) is 5.32 Å². The van der Waals surface area contributed by atoms with Crippen LogP contribution in [0.25, 0.3) is 10.9 Å². The Hall–Kier alpha value is -3.80. The lowest BCUT2D eigenvalue weighted by molar-refractivity contribution is 0.0934. The summed E-state index contributed by atoms with van der Waals surface area (Å²) in [6, 6.07) is 21.1. The number of nitrogens with one attached hydrogen (secondary N) is 2. The Bertz CT molecular complexity index is 1110. The molecule has 0 saturated heterocycles. The van der Waals surface area contributed by atoms with E-state index in [0.717, 1.165) is 22.2 Å². The number of carbonyl (C=O) groups is 1. The smallest absolute Gasteiger partial charge is 0.270 e. The molecule has 0 aliphatic carbocycles. The molecule has 2 aromatic heterocycles. The van der Waals surface area contributed by atoms with Crippen molar-refractivity contribution in [1.29, 1.82) is 0 Å². The summed E-state index contributed by atoms with van der Waals surface area (Å²) in [5, 5.41) is 7.22. The Labute approximate surface area is 162 Å². The molecule has 6 heteroatoms. The van der Waals surface area contributed by atoms with Crippen LogP contribution in [0.3, 0.4) is 0 Å². The van der Waals surface area contributed by atoms with Gasteiger partial charge in [0.1, 0.15) is 17.8 Å². The SMILES string of the molecule is CC(NC(=O)c1cc(Nc2cccc3cccnc23)ncn1)c1ccccc1. The van der Waals surface area contributed by atoms with Gasteiger partial charge in [0.05, 0.1) is 17.2 Å². The maximum absolute atomic E-state index is 12.6. The van der Waals surface area contributed by atoms with E-state index in [4.69, 9.17) is 0 Å². The maximum Gasteiger partial charge on any atom is 0.270 e. The van der Waals surface area contributed by atoms with Gasteiger partial charge in [-0.1, -0.05) is 48.5 Å². The molecule has 28 heavy (non-hydrogen) atoms. The first-order valence-corrected chi connectivity index (χ1v) is 8.99. The Morgan fingerprint density at radius 1 is 0.929 bits per heavy atom. The zero-order valence-electron chi connectivity index (χ0n) is 15.3. The van der Waals surface area contributed by atoms with Crippen LogP contribution in [-0.2, 0) is 0 Å². The molecule has 1 unspecified atom stereocenters. The van der Waals surface area contributed by atoms with E-state index in [1.165, 1.54) is 6.33 Å². The second kappa shape index (κ2) is 7.84. The summed E-state index contributed by atoms with van der Waals surface area (Å²) < 4.78 is 0. The van der Waals surface area contributed by atoms with E-state index < -0.39 is 0 Å². The van der Waals surface area contributed by atoms with Gasteiger partial charge in [-0.2, -0.15) is 0 Å². The second-order valence-corrected chi connectivity index (χ2v) is 6.40. The minimum atomic E-state index is -0.252. The molecular formula is C22H19N5O. The van der Waals surface area contributed by atoms with Crippen LogP contribution < -0.4 is 10.6 Å². The third-order valence-electron chi connectivity index (χ3n) is 4.44. The van der Waals surface area contributed by atoms with E-state index in [0.29, 0.717) is 11.5 Å². The average Bonchev–Trinajstić information content (AvgIpc) is 2.75. The molecule has 4 aromatic rings. The monoisotopic (exact) mass is 369 g/mol. The highest BCUT2D eigenvalue weighted by Gasteiger charge is 2.13. The van der Waals surface area contributed by atoms with Crippen LogP contribution in [0.2, 0.25) is 0 Å². The minimum Gasteiger partial charge on any atom is -0.344 e. The van der Waals surface area contributed by atoms with Gasteiger partial charge in [-0.05, 0) is 24.6 Å². The van der Waals surface area contributed by atoms with Gasteiger partial charge in [0, 0.05) is 17.6 Å². The Morgan fingerprint density at radius 2 is 1.75 bits per heavy atom. The van der Waals surface area contributed by atoms with Gasteiger partial charge in [-0.3, -0.25) is 9.78 Å². The van der Waals surface area contributed by atoms with Crippen LogP contribution in [0.1, 0.15) is 29.0 Å². The van der Waals surface area contributed by atoms with Crippen molar-refractivity contribution in [2.45, 2.75) is 13.0 Å². The van der Waals surface area contributed by atoms with Gasteiger partial charge in [0.25, 0.3) is 5.91 Å². The summed E-state index contributed by atoms with van der Waals surface area (Å²) >= 11 is 0. The fourth-order valence-electron chi connectivity index (χ4n) is 2.99. The normalized spacial score (nSPS) is 11.8. The third kappa shape index (κ3) is 3.81. The van der Waals surface area contributed by atoms with Crippen molar-refractivity contribution in [2.24, 2.45) is 0 Å². The van der Waals surface area contributed by atoms with Gasteiger partial charge in [0.2, 0.25) is 0 Å². The van der Waals surface area contributed by atoms with Crippen LogP contribution in [0.15, 0.2) is 79.3 Å². The van der Waals surface area contributed by atoms with Crippen molar-refractivity contribution in [3.05, 3.63) is 90.5 Å². The van der Waals surface area contributed by atoms with E-state index in [-0.39, 0.29) is 11.9 Å². The molecule has 0 spiro atoms. The lowest BCUT2D eigenvalue weighted by Gasteiger charge is -2.14. The third-order valence-corrected chi connectivity index (χ3v) is 4.44. The summed E-state index contributed by atoms with van der Waals surface area (Å²) in [7, 11) is 0. The molecular weight excluding hydrogens is 350 g/mol. The van der Waals surface area contributed by atoms with E-state index in [1.54, 1.807) is 12.3 Å². The predicted molar refractivity (Wildman–Crippen MR) is 109 cm³/mol. The Balaban J connectivity index is 1.53. The molecule has 138 valence electrons. The second-order valence-electron chi connectivity index (χ2n) is 6.40. The number of hydrogen-bond acceptors (Lipinski definition) is 5. The summed E-state index contributed by atoms with van der Waals surface area (Å²) in [5.41, 5.74) is 2.99. The minimum absolute atomic E-state index is 0.123. The first kappa shape index (κ1) is 17.6. The molecule has 2 aromatic carbocycles. The fourth-order valence-corrected chi connectivity index (χ4v) is 2.99. The van der Waals surface area contributed by atoms with E-state index in [1.807, 2.05) is 67.6 Å². The van der Waals surface area contributed by atoms with Gasteiger partial charge in [-0.15, -0.1) is 0 Å².